The number of ether oxygens (including phenoxy) is 1. The van der Waals surface area contributed by atoms with Crippen LogP contribution in [0.5, 0.6) is 5.75 Å². The lowest BCUT2D eigenvalue weighted by atomic mass is 10.0. The van der Waals surface area contributed by atoms with Crippen LogP contribution in [0, 0.1) is 0 Å². The van der Waals surface area contributed by atoms with Crippen molar-refractivity contribution in [1.29, 1.82) is 0 Å². The molecule has 1 atom stereocenters. The maximum atomic E-state index is 14.5. The molecule has 1 aliphatic carbocycles. The summed E-state index contributed by atoms with van der Waals surface area (Å²) in [6.45, 7) is -1.14. The number of nitrogens with zero attached hydrogens (tertiary/aromatic N) is 1. The molecule has 1 aromatic carbocycles. The molecule has 1 aromatic rings. The largest absolute Gasteiger partial charge is 0.471 e. The van der Waals surface area contributed by atoms with E-state index in [1.807, 2.05) is 5.32 Å². The van der Waals surface area contributed by atoms with Crippen molar-refractivity contribution in [2.45, 2.75) is 51.1 Å². The second-order valence-corrected chi connectivity index (χ2v) is 11.8. The Hall–Kier alpha value is -3.95. The number of nitrogens with one attached hydrogen (secondary N) is 2. The molecule has 0 saturated heterocycles. The van der Waals surface area contributed by atoms with Gasteiger partial charge in [0.15, 0.2) is 27.8 Å². The number of esters is 1. The lowest BCUT2D eigenvalue weighted by Crippen LogP contribution is -2.37. The molecule has 0 aromatic heterocycles. The van der Waals surface area contributed by atoms with Crippen molar-refractivity contribution < 1.29 is 59.1 Å². The Balaban J connectivity index is 1.63. The minimum absolute atomic E-state index is 0.00219. The summed E-state index contributed by atoms with van der Waals surface area (Å²) >= 11 is 0. The molecular weight excluding hydrogens is 636 g/mol. The van der Waals surface area contributed by atoms with Gasteiger partial charge in [0.25, 0.3) is 5.91 Å². The Morgan fingerprint density at radius 3 is 2.29 bits per heavy atom. The molecule has 0 bridgehead atoms. The Bertz CT molecular complexity index is 1650. The maximum absolute atomic E-state index is 14.5. The Morgan fingerprint density at radius 1 is 0.978 bits per heavy atom. The quantitative estimate of drug-likeness (QED) is 0.0651. The Morgan fingerprint density at radius 2 is 1.64 bits per heavy atom. The van der Waals surface area contributed by atoms with Gasteiger partial charge >= 0.3 is 32.1 Å². The summed E-state index contributed by atoms with van der Waals surface area (Å²) in [5, 5.41) is 3.43. The van der Waals surface area contributed by atoms with Crippen molar-refractivity contribution in [2.24, 2.45) is 0 Å². The number of carbonyl (C=O) groups is 3. The zero-order valence-electron chi connectivity index (χ0n) is 23.4. The number of hydrogen-bond donors (Lipinski definition) is 2. The number of halogens is 5. The second-order valence-electron chi connectivity index (χ2n) is 9.80. The van der Waals surface area contributed by atoms with Crippen LogP contribution in [0.25, 0.3) is 22.6 Å². The van der Waals surface area contributed by atoms with E-state index in [2.05, 4.69) is 4.98 Å². The molecule has 0 radical (unpaired) electrons. The number of hydrogen-bond acceptors (Lipinski definition) is 10. The topological polar surface area (TPSA) is 163 Å². The normalized spacial score (nSPS) is 14.7. The zero-order valence-corrected chi connectivity index (χ0v) is 24.3. The molecule has 244 valence electrons. The van der Waals surface area contributed by atoms with E-state index in [0.29, 0.717) is 11.3 Å². The number of unbranched alkanes of at least 4 members (excludes halogenated alkanes) is 2. The third-order valence-electron chi connectivity index (χ3n) is 6.44. The summed E-state index contributed by atoms with van der Waals surface area (Å²) < 4.78 is 99.5. The Labute approximate surface area is 251 Å². The highest BCUT2D eigenvalue weighted by Gasteiger charge is 2.40. The van der Waals surface area contributed by atoms with Gasteiger partial charge in [-0.3, -0.25) is 23.7 Å². The molecule has 2 N–H and O–H groups in total. The number of rotatable bonds is 14. The molecule has 1 unspecified atom stereocenters. The van der Waals surface area contributed by atoms with E-state index >= 15 is 0 Å². The van der Waals surface area contributed by atoms with E-state index in [9.17, 15) is 45.7 Å². The second kappa shape index (κ2) is 14.4. The van der Waals surface area contributed by atoms with E-state index in [1.54, 1.807) is 11.4 Å². The third kappa shape index (κ3) is 8.61. The first-order valence-electron chi connectivity index (χ1n) is 13.7. The first-order valence-corrected chi connectivity index (χ1v) is 15.2. The summed E-state index contributed by atoms with van der Waals surface area (Å²) in [6, 6.07) is 5.41. The summed E-state index contributed by atoms with van der Waals surface area (Å²) in [6.07, 6.45) is -7.81. The van der Waals surface area contributed by atoms with E-state index < -0.39 is 43.4 Å². The number of aryl methyl sites for hydroxylation is 1. The number of fused-ring (bicyclic) bond motifs is 3. The van der Waals surface area contributed by atoms with E-state index in [4.69, 9.17) is 18.2 Å². The fourth-order valence-electron chi connectivity index (χ4n) is 4.30. The van der Waals surface area contributed by atoms with E-state index in [-0.39, 0.29) is 92.7 Å². The highest BCUT2D eigenvalue weighted by molar-refractivity contribution is 7.63. The first kappa shape index (κ1) is 33.9. The lowest BCUT2D eigenvalue weighted by molar-refractivity contribution is -0.173. The lowest BCUT2D eigenvalue weighted by Gasteiger charge is -2.25. The van der Waals surface area contributed by atoms with Gasteiger partial charge in [-0.1, -0.05) is 0 Å². The van der Waals surface area contributed by atoms with Crippen molar-refractivity contribution in [1.82, 2.24) is 15.6 Å². The molecule has 18 heteroatoms. The van der Waals surface area contributed by atoms with E-state index in [1.165, 1.54) is 12.1 Å². The average Bonchev–Trinajstić information content (AvgIpc) is 2.97. The van der Waals surface area contributed by atoms with Gasteiger partial charge in [0.1, 0.15) is 11.2 Å². The van der Waals surface area contributed by atoms with Crippen LogP contribution in [0.15, 0.2) is 33.5 Å². The molecule has 0 saturated carbocycles. The number of alkyl halides is 5. The third-order valence-corrected chi connectivity index (χ3v) is 8.44. The van der Waals surface area contributed by atoms with Crippen LogP contribution in [0.2, 0.25) is 0 Å². The summed E-state index contributed by atoms with van der Waals surface area (Å²) in [5.74, 6) is -4.37. The zero-order chi connectivity index (χ0) is 32.8. The van der Waals surface area contributed by atoms with Gasteiger partial charge in [0, 0.05) is 19.2 Å². The Kier molecular flexibility index (Phi) is 10.9. The van der Waals surface area contributed by atoms with Crippen molar-refractivity contribution in [3.8, 4) is 17.2 Å². The minimum atomic E-state index is -5.05. The molecule has 12 nitrogen and oxygen atoms in total. The van der Waals surface area contributed by atoms with Crippen molar-refractivity contribution >= 4 is 41.8 Å². The molecule has 4 rings (SSSR count). The monoisotopic (exact) mass is 663 g/mol. The van der Waals surface area contributed by atoms with Gasteiger partial charge < -0.3 is 28.8 Å². The predicted octanol–water partition coefficient (Wildman–Crippen LogP) is 3.62. The van der Waals surface area contributed by atoms with Crippen LogP contribution < -0.4 is 26.1 Å². The van der Waals surface area contributed by atoms with Gasteiger partial charge in [0.05, 0.1) is 19.6 Å². The molecular formula is C27H27F5N3O9P. The SMILES string of the molecule is O=C1CCc2cc3nc4ccc(=O)cc-4oc3c(P(=O)(OCCCCNC(=O)C(F)F)OCCCCNC(=O)C(F)(F)F)c2O1. The summed E-state index contributed by atoms with van der Waals surface area (Å²) in [4.78, 5) is 50.9. The minimum Gasteiger partial charge on any atom is -0.452 e. The van der Waals surface area contributed by atoms with Crippen LogP contribution in [-0.4, -0.2) is 61.7 Å². The first-order chi connectivity index (χ1) is 21.3. The molecule has 0 fully saturated rings. The van der Waals surface area contributed by atoms with E-state index in [0.717, 1.165) is 6.07 Å². The predicted molar refractivity (Wildman–Crippen MR) is 147 cm³/mol. The van der Waals surface area contributed by atoms with Gasteiger partial charge in [-0.2, -0.15) is 22.0 Å². The van der Waals surface area contributed by atoms with Gasteiger partial charge in [0.2, 0.25) is 0 Å². The molecule has 0 spiro atoms. The van der Waals surface area contributed by atoms with Gasteiger partial charge in [-0.05, 0) is 55.9 Å². The summed E-state index contributed by atoms with van der Waals surface area (Å²) in [7, 11) is -4.54. The van der Waals surface area contributed by atoms with Crippen molar-refractivity contribution in [2.75, 3.05) is 26.3 Å². The fourth-order valence-corrected chi connectivity index (χ4v) is 6.21. The standard InChI is InChI=1S/C27H27F5N3O9P/c28-24(29)25(38)33-9-1-3-11-41-45(40,42-12-4-2-10-34-26(39)27(30,31)32)23-21-15(5-8-20(37)44-21)13-18-22(23)43-19-14-16(36)6-7-17(19)35-18/h6-7,13-14,24H,1-5,8-12H2,(H,33,38)(H,34,39). The number of benzene rings is 2. The molecule has 2 amide bonds. The molecule has 2 aliphatic heterocycles. The molecule has 3 aliphatic rings. The van der Waals surface area contributed by atoms with Crippen LogP contribution in [0.1, 0.15) is 37.7 Å². The van der Waals surface area contributed by atoms with Crippen molar-refractivity contribution in [3.05, 3.63) is 40.1 Å². The highest BCUT2D eigenvalue weighted by atomic mass is 31.2. The van der Waals surface area contributed by atoms with Gasteiger partial charge in [-0.15, -0.1) is 0 Å². The maximum Gasteiger partial charge on any atom is 0.471 e. The van der Waals surface area contributed by atoms with Crippen LogP contribution in [-0.2, 0) is 34.4 Å². The smallest absolute Gasteiger partial charge is 0.452 e. The number of aromatic nitrogens is 1. The van der Waals surface area contributed by atoms with Crippen LogP contribution >= 0.6 is 7.60 Å². The van der Waals surface area contributed by atoms with Crippen LogP contribution in [0.3, 0.4) is 0 Å². The molecule has 2 heterocycles. The average molecular weight is 663 g/mol. The van der Waals surface area contributed by atoms with Gasteiger partial charge in [-0.25, -0.2) is 4.98 Å². The van der Waals surface area contributed by atoms with Crippen molar-refractivity contribution in [3.63, 3.8) is 0 Å². The number of carbonyl (C=O) groups excluding carboxylic acids is 3. The highest BCUT2D eigenvalue weighted by Crippen LogP contribution is 2.53. The number of amides is 2. The summed E-state index contributed by atoms with van der Waals surface area (Å²) in [5.41, 5.74) is 0.308. The van der Waals surface area contributed by atoms with Crippen LogP contribution in [0.4, 0.5) is 22.0 Å². The molecule has 45 heavy (non-hydrogen) atoms. The fraction of sp³-hybridized carbons (Fsp3) is 0.444.